The number of nitrogens with one attached hydrogen (secondary N) is 2. The molecule has 3 rings (SSSR count). The van der Waals surface area contributed by atoms with Crippen molar-refractivity contribution in [1.82, 2.24) is 14.7 Å². The van der Waals surface area contributed by atoms with Crippen LogP contribution >= 0.6 is 0 Å². The van der Waals surface area contributed by atoms with Gasteiger partial charge < -0.3 is 15.4 Å². The maximum absolute atomic E-state index is 12.8. The van der Waals surface area contributed by atoms with Crippen LogP contribution in [0.1, 0.15) is 23.9 Å². The summed E-state index contributed by atoms with van der Waals surface area (Å²) in [5.41, 5.74) is 4.98. The van der Waals surface area contributed by atoms with Crippen LogP contribution in [-0.2, 0) is 9.59 Å². The van der Waals surface area contributed by atoms with Crippen molar-refractivity contribution >= 4 is 23.2 Å². The molecule has 2 N–H and O–H groups in total. The minimum atomic E-state index is -0.214. The van der Waals surface area contributed by atoms with Crippen molar-refractivity contribution in [3.8, 4) is 11.4 Å². The lowest BCUT2D eigenvalue weighted by molar-refractivity contribution is -0.119. The number of likely N-dealkylation sites (N-methyl/N-ethyl adjacent to an activating group) is 1. The maximum Gasteiger partial charge on any atom is 0.238 e. The first-order valence-corrected chi connectivity index (χ1v) is 10.9. The summed E-state index contributed by atoms with van der Waals surface area (Å²) in [4.78, 5) is 27.1. The highest BCUT2D eigenvalue weighted by molar-refractivity contribution is 5.96. The molecule has 0 fully saturated rings. The van der Waals surface area contributed by atoms with E-state index in [1.807, 2.05) is 68.8 Å². The number of anilines is 2. The van der Waals surface area contributed by atoms with Crippen LogP contribution < -0.4 is 15.4 Å². The monoisotopic (exact) mass is 449 g/mol. The van der Waals surface area contributed by atoms with Gasteiger partial charge in [-0.15, -0.1) is 0 Å². The van der Waals surface area contributed by atoms with Crippen LogP contribution in [0.5, 0.6) is 5.75 Å². The third kappa shape index (κ3) is 5.98. The molecule has 1 heterocycles. The van der Waals surface area contributed by atoms with Crippen molar-refractivity contribution in [3.63, 3.8) is 0 Å². The molecule has 0 saturated carbocycles. The molecule has 0 aliphatic rings. The lowest BCUT2D eigenvalue weighted by Gasteiger charge is -2.20. The van der Waals surface area contributed by atoms with E-state index in [-0.39, 0.29) is 24.9 Å². The predicted molar refractivity (Wildman–Crippen MR) is 130 cm³/mol. The molecule has 8 heteroatoms. The summed E-state index contributed by atoms with van der Waals surface area (Å²) < 4.78 is 7.09. The Morgan fingerprint density at radius 1 is 0.970 bits per heavy atom. The highest BCUT2D eigenvalue weighted by atomic mass is 16.5. The van der Waals surface area contributed by atoms with Gasteiger partial charge in [-0.25, -0.2) is 4.68 Å². The van der Waals surface area contributed by atoms with Crippen molar-refractivity contribution in [2.45, 2.75) is 27.7 Å². The van der Waals surface area contributed by atoms with Gasteiger partial charge in [0.05, 0.1) is 48.6 Å². The molecule has 0 spiro atoms. The highest BCUT2D eigenvalue weighted by Gasteiger charge is 2.18. The number of aryl methyl sites for hydroxylation is 2. The molecule has 0 saturated heterocycles. The van der Waals surface area contributed by atoms with E-state index in [1.165, 1.54) is 5.56 Å². The minimum Gasteiger partial charge on any atom is -0.495 e. The number of ether oxygens (including phenoxy) is 1. The van der Waals surface area contributed by atoms with E-state index in [2.05, 4.69) is 15.7 Å². The van der Waals surface area contributed by atoms with Gasteiger partial charge in [0.25, 0.3) is 0 Å². The summed E-state index contributed by atoms with van der Waals surface area (Å²) in [6.07, 6.45) is 0. The van der Waals surface area contributed by atoms with E-state index >= 15 is 0 Å². The van der Waals surface area contributed by atoms with E-state index < -0.39 is 0 Å². The van der Waals surface area contributed by atoms with Gasteiger partial charge in [-0.1, -0.05) is 36.8 Å². The standard InChI is InChI=1S/C25H31N5O3/c1-6-29(15-23(31)26-21-9-7-8-10-22(21)33-5)16-24(32)27-25-18(3)28-30(19(25)4)20-13-11-17(2)12-14-20/h7-14H,6,15-16H2,1-5H3,(H,26,31)(H,27,32). The third-order valence-corrected chi connectivity index (χ3v) is 5.40. The van der Waals surface area contributed by atoms with Crippen LogP contribution in [0.4, 0.5) is 11.4 Å². The SMILES string of the molecule is CCN(CC(=O)Nc1ccccc1OC)CC(=O)Nc1c(C)nn(-c2ccc(C)cc2)c1C. The minimum absolute atomic E-state index is 0.0859. The zero-order valence-electron chi connectivity index (χ0n) is 19.8. The lowest BCUT2D eigenvalue weighted by Crippen LogP contribution is -2.38. The largest absolute Gasteiger partial charge is 0.495 e. The number of hydrogen-bond donors (Lipinski definition) is 2. The molecular weight excluding hydrogens is 418 g/mol. The first-order valence-electron chi connectivity index (χ1n) is 10.9. The highest BCUT2D eigenvalue weighted by Crippen LogP contribution is 2.24. The van der Waals surface area contributed by atoms with Crippen molar-refractivity contribution < 1.29 is 14.3 Å². The van der Waals surface area contributed by atoms with Crippen LogP contribution in [0.3, 0.4) is 0 Å². The van der Waals surface area contributed by atoms with Gasteiger partial charge in [-0.05, 0) is 51.6 Å². The van der Waals surface area contributed by atoms with E-state index in [0.717, 1.165) is 17.1 Å². The summed E-state index contributed by atoms with van der Waals surface area (Å²) in [5, 5.41) is 10.4. The fourth-order valence-electron chi connectivity index (χ4n) is 3.56. The summed E-state index contributed by atoms with van der Waals surface area (Å²) in [6.45, 7) is 8.46. The quantitative estimate of drug-likeness (QED) is 0.520. The topological polar surface area (TPSA) is 88.5 Å². The number of carbonyl (C=O) groups is 2. The van der Waals surface area contributed by atoms with Gasteiger partial charge in [-0.2, -0.15) is 5.10 Å². The molecule has 33 heavy (non-hydrogen) atoms. The first kappa shape index (κ1) is 24.0. The molecule has 0 aliphatic heterocycles. The molecule has 0 radical (unpaired) electrons. The van der Waals surface area contributed by atoms with Crippen LogP contribution in [0.25, 0.3) is 5.69 Å². The fraction of sp³-hybridized carbons (Fsp3) is 0.320. The van der Waals surface area contributed by atoms with Gasteiger partial charge in [0.2, 0.25) is 11.8 Å². The lowest BCUT2D eigenvalue weighted by atomic mass is 10.2. The average Bonchev–Trinajstić information content (AvgIpc) is 3.07. The van der Waals surface area contributed by atoms with Crippen molar-refractivity contribution in [3.05, 3.63) is 65.5 Å². The number of rotatable bonds is 9. The molecule has 2 aromatic carbocycles. The Balaban J connectivity index is 1.63. The predicted octanol–water partition coefficient (Wildman–Crippen LogP) is 3.71. The average molecular weight is 450 g/mol. The van der Waals surface area contributed by atoms with Gasteiger partial charge >= 0.3 is 0 Å². The number of benzene rings is 2. The van der Waals surface area contributed by atoms with Crippen LogP contribution in [0.2, 0.25) is 0 Å². The number of amides is 2. The summed E-state index contributed by atoms with van der Waals surface area (Å²) in [6, 6.07) is 15.3. The van der Waals surface area contributed by atoms with Crippen LogP contribution in [0, 0.1) is 20.8 Å². The Morgan fingerprint density at radius 2 is 1.61 bits per heavy atom. The van der Waals surface area contributed by atoms with Gasteiger partial charge in [-0.3, -0.25) is 14.5 Å². The second kappa shape index (κ2) is 10.8. The van der Waals surface area contributed by atoms with E-state index in [4.69, 9.17) is 4.74 Å². The molecule has 1 aromatic heterocycles. The number of nitrogens with zero attached hydrogens (tertiary/aromatic N) is 3. The molecule has 0 atom stereocenters. The zero-order valence-corrected chi connectivity index (χ0v) is 19.8. The summed E-state index contributed by atoms with van der Waals surface area (Å²) in [7, 11) is 1.55. The Labute approximate surface area is 194 Å². The number of aromatic nitrogens is 2. The molecular formula is C25H31N5O3. The molecule has 8 nitrogen and oxygen atoms in total. The Hall–Kier alpha value is -3.65. The maximum atomic E-state index is 12.8. The van der Waals surface area contributed by atoms with E-state index in [0.29, 0.717) is 23.7 Å². The van der Waals surface area contributed by atoms with Crippen molar-refractivity contribution in [1.29, 1.82) is 0 Å². The summed E-state index contributed by atoms with van der Waals surface area (Å²) >= 11 is 0. The van der Waals surface area contributed by atoms with Crippen molar-refractivity contribution in [2.75, 3.05) is 37.4 Å². The third-order valence-electron chi connectivity index (χ3n) is 5.40. The summed E-state index contributed by atoms with van der Waals surface area (Å²) in [5.74, 6) is 0.175. The van der Waals surface area contributed by atoms with E-state index in [1.54, 1.807) is 24.1 Å². The Kier molecular flexibility index (Phi) is 7.84. The Bertz CT molecular complexity index is 1120. The molecule has 0 bridgehead atoms. The van der Waals surface area contributed by atoms with Crippen LogP contribution in [0.15, 0.2) is 48.5 Å². The van der Waals surface area contributed by atoms with Crippen LogP contribution in [-0.4, -0.2) is 53.2 Å². The second-order valence-electron chi connectivity index (χ2n) is 7.89. The normalized spacial score (nSPS) is 10.8. The number of para-hydroxylation sites is 2. The van der Waals surface area contributed by atoms with E-state index in [9.17, 15) is 9.59 Å². The number of carbonyl (C=O) groups excluding carboxylic acids is 2. The smallest absolute Gasteiger partial charge is 0.238 e. The number of hydrogen-bond acceptors (Lipinski definition) is 5. The second-order valence-corrected chi connectivity index (χ2v) is 7.89. The van der Waals surface area contributed by atoms with Gasteiger partial charge in [0.1, 0.15) is 5.75 Å². The molecule has 174 valence electrons. The Morgan fingerprint density at radius 3 is 2.24 bits per heavy atom. The fourth-order valence-corrected chi connectivity index (χ4v) is 3.56. The number of methoxy groups -OCH3 is 1. The van der Waals surface area contributed by atoms with Gasteiger partial charge in [0.15, 0.2) is 0 Å². The molecule has 3 aromatic rings. The van der Waals surface area contributed by atoms with Crippen molar-refractivity contribution in [2.24, 2.45) is 0 Å². The molecule has 2 amide bonds. The van der Waals surface area contributed by atoms with Gasteiger partial charge in [0, 0.05) is 0 Å². The molecule has 0 aliphatic carbocycles. The first-order chi connectivity index (χ1) is 15.8. The zero-order chi connectivity index (χ0) is 24.0. The molecule has 0 unspecified atom stereocenters.